The van der Waals surface area contributed by atoms with Crippen LogP contribution in [0.25, 0.3) is 21.5 Å². The summed E-state index contributed by atoms with van der Waals surface area (Å²) in [5.41, 5.74) is 2.34. The highest BCUT2D eigenvalue weighted by Crippen LogP contribution is 2.29. The fourth-order valence-corrected chi connectivity index (χ4v) is 5.53. The van der Waals surface area contributed by atoms with E-state index in [4.69, 9.17) is 9.72 Å². The molecule has 4 heterocycles. The fourth-order valence-electron chi connectivity index (χ4n) is 3.98. The van der Waals surface area contributed by atoms with Gasteiger partial charge in [-0.2, -0.15) is 0 Å². The molecule has 1 fully saturated rings. The summed E-state index contributed by atoms with van der Waals surface area (Å²) in [6.07, 6.45) is 0. The normalized spacial score (nSPS) is 15.7. The second-order valence-corrected chi connectivity index (χ2v) is 9.37. The molecular formula is C24H23N3O2S2. The Kier molecular flexibility index (Phi) is 6.08. The van der Waals surface area contributed by atoms with Crippen LogP contribution < -0.4 is 5.32 Å². The number of benzene rings is 1. The summed E-state index contributed by atoms with van der Waals surface area (Å²) in [6.45, 7) is 3.77. The lowest BCUT2D eigenvalue weighted by molar-refractivity contribution is 0.0169. The Labute approximate surface area is 189 Å². The van der Waals surface area contributed by atoms with Crippen LogP contribution in [-0.2, 0) is 4.74 Å². The van der Waals surface area contributed by atoms with Gasteiger partial charge in [-0.25, -0.2) is 4.98 Å². The number of pyridine rings is 1. The number of ether oxygens (including phenoxy) is 1. The van der Waals surface area contributed by atoms with Crippen molar-refractivity contribution < 1.29 is 9.53 Å². The minimum atomic E-state index is -0.0637. The molecule has 31 heavy (non-hydrogen) atoms. The van der Waals surface area contributed by atoms with Gasteiger partial charge in [0.1, 0.15) is 0 Å². The van der Waals surface area contributed by atoms with Gasteiger partial charge in [0.2, 0.25) is 0 Å². The molecule has 1 aliphatic heterocycles. The molecule has 1 unspecified atom stereocenters. The Morgan fingerprint density at radius 2 is 1.87 bits per heavy atom. The second-order valence-electron chi connectivity index (χ2n) is 7.44. The zero-order valence-electron chi connectivity index (χ0n) is 17.0. The predicted molar refractivity (Wildman–Crippen MR) is 127 cm³/mol. The van der Waals surface area contributed by atoms with Crippen LogP contribution in [0, 0.1) is 0 Å². The Hall–Kier alpha value is -2.58. The van der Waals surface area contributed by atoms with Crippen molar-refractivity contribution in [3.8, 4) is 10.6 Å². The van der Waals surface area contributed by atoms with E-state index >= 15 is 0 Å². The Balaban J connectivity index is 1.43. The van der Waals surface area contributed by atoms with Crippen molar-refractivity contribution in [3.63, 3.8) is 0 Å². The molecule has 0 aliphatic carbocycles. The average Bonchev–Trinajstić information content (AvgIpc) is 3.54. The average molecular weight is 450 g/mol. The predicted octanol–water partition coefficient (Wildman–Crippen LogP) is 4.83. The van der Waals surface area contributed by atoms with Gasteiger partial charge in [0.25, 0.3) is 5.91 Å². The van der Waals surface area contributed by atoms with Gasteiger partial charge < -0.3 is 10.1 Å². The van der Waals surface area contributed by atoms with Crippen LogP contribution in [0.4, 0.5) is 0 Å². The number of aromatic nitrogens is 1. The number of fused-ring (bicyclic) bond motifs is 1. The molecule has 1 amide bonds. The van der Waals surface area contributed by atoms with Gasteiger partial charge in [0, 0.05) is 29.9 Å². The Morgan fingerprint density at radius 1 is 1.06 bits per heavy atom. The third-order valence-electron chi connectivity index (χ3n) is 5.55. The first kappa shape index (κ1) is 20.3. The number of para-hydroxylation sites is 1. The number of nitrogens with zero attached hydrogens (tertiary/aromatic N) is 2. The highest BCUT2D eigenvalue weighted by atomic mass is 32.1. The lowest BCUT2D eigenvalue weighted by Gasteiger charge is -2.34. The van der Waals surface area contributed by atoms with Crippen molar-refractivity contribution in [1.29, 1.82) is 0 Å². The molecule has 0 spiro atoms. The van der Waals surface area contributed by atoms with E-state index in [1.54, 1.807) is 22.7 Å². The van der Waals surface area contributed by atoms with Crippen molar-refractivity contribution in [1.82, 2.24) is 15.2 Å². The summed E-state index contributed by atoms with van der Waals surface area (Å²) in [7, 11) is 0. The quantitative estimate of drug-likeness (QED) is 0.458. The van der Waals surface area contributed by atoms with E-state index in [1.165, 1.54) is 4.88 Å². The molecule has 1 atom stereocenters. The lowest BCUT2D eigenvalue weighted by Crippen LogP contribution is -2.43. The fraction of sp³-hybridized carbons (Fsp3) is 0.250. The zero-order valence-corrected chi connectivity index (χ0v) is 18.6. The summed E-state index contributed by atoms with van der Waals surface area (Å²) in [4.78, 5) is 22.9. The maximum Gasteiger partial charge on any atom is 0.252 e. The number of hydrogen-bond donors (Lipinski definition) is 1. The van der Waals surface area contributed by atoms with Gasteiger partial charge >= 0.3 is 0 Å². The number of hydrogen-bond acceptors (Lipinski definition) is 6. The summed E-state index contributed by atoms with van der Waals surface area (Å²) in [5, 5.41) is 8.20. The number of carbonyl (C=O) groups is 1. The van der Waals surface area contributed by atoms with E-state index in [-0.39, 0.29) is 11.9 Å². The molecule has 5 rings (SSSR count). The van der Waals surface area contributed by atoms with Gasteiger partial charge in [-0.3, -0.25) is 9.69 Å². The molecule has 5 nitrogen and oxygen atoms in total. The zero-order chi connectivity index (χ0) is 21.0. The first-order valence-electron chi connectivity index (χ1n) is 10.4. The first-order valence-corrected chi connectivity index (χ1v) is 12.1. The monoisotopic (exact) mass is 449 g/mol. The molecule has 0 saturated carbocycles. The molecule has 0 bridgehead atoms. The summed E-state index contributed by atoms with van der Waals surface area (Å²) < 4.78 is 5.53. The van der Waals surface area contributed by atoms with Gasteiger partial charge in [-0.1, -0.05) is 30.3 Å². The molecule has 4 aromatic rings. The minimum absolute atomic E-state index is 0.0637. The number of morpholine rings is 1. The third kappa shape index (κ3) is 4.41. The molecule has 1 saturated heterocycles. The van der Waals surface area contributed by atoms with Crippen LogP contribution >= 0.6 is 22.7 Å². The summed E-state index contributed by atoms with van der Waals surface area (Å²) in [6, 6.07) is 18.2. The van der Waals surface area contributed by atoms with Gasteiger partial charge in [0.05, 0.1) is 40.9 Å². The molecule has 7 heteroatoms. The minimum Gasteiger partial charge on any atom is -0.379 e. The van der Waals surface area contributed by atoms with Crippen molar-refractivity contribution in [2.45, 2.75) is 6.04 Å². The summed E-state index contributed by atoms with van der Waals surface area (Å²) >= 11 is 3.36. The number of nitrogens with one attached hydrogen (secondary N) is 1. The summed E-state index contributed by atoms with van der Waals surface area (Å²) in [5.74, 6) is -0.0637. The number of thiophene rings is 2. The van der Waals surface area contributed by atoms with Gasteiger partial charge in [-0.15, -0.1) is 22.7 Å². The lowest BCUT2D eigenvalue weighted by atomic mass is 10.1. The van der Waals surface area contributed by atoms with Gasteiger partial charge in [0.15, 0.2) is 0 Å². The van der Waals surface area contributed by atoms with Crippen molar-refractivity contribution in [3.05, 3.63) is 75.8 Å². The smallest absolute Gasteiger partial charge is 0.252 e. The maximum absolute atomic E-state index is 13.4. The number of carbonyl (C=O) groups excluding carboxylic acids is 1. The van der Waals surface area contributed by atoms with Gasteiger partial charge in [-0.05, 0) is 35.0 Å². The molecule has 158 valence electrons. The van der Waals surface area contributed by atoms with Crippen molar-refractivity contribution in [2.75, 3.05) is 32.8 Å². The molecular weight excluding hydrogens is 426 g/mol. The molecule has 3 aromatic heterocycles. The first-order chi connectivity index (χ1) is 15.3. The topological polar surface area (TPSA) is 54.5 Å². The highest BCUT2D eigenvalue weighted by molar-refractivity contribution is 7.13. The van der Waals surface area contributed by atoms with E-state index in [0.29, 0.717) is 12.1 Å². The van der Waals surface area contributed by atoms with Crippen LogP contribution in [0.2, 0.25) is 0 Å². The van der Waals surface area contributed by atoms with Crippen LogP contribution in [0.1, 0.15) is 21.3 Å². The standard InChI is InChI=1S/C24H23N3O2S2/c28-24(25-16-21(23-8-4-14-31-23)27-9-11-29-12-10-27)18-15-20(22-7-3-13-30-22)26-19-6-2-1-5-17(18)19/h1-8,13-15,21H,9-12,16H2,(H,25,28). The third-order valence-corrected chi connectivity index (χ3v) is 7.41. The van der Waals surface area contributed by atoms with E-state index in [0.717, 1.165) is 47.8 Å². The van der Waals surface area contributed by atoms with Crippen molar-refractivity contribution in [2.24, 2.45) is 0 Å². The van der Waals surface area contributed by atoms with E-state index in [2.05, 4.69) is 27.7 Å². The molecule has 1 N–H and O–H groups in total. The second kappa shape index (κ2) is 9.28. The molecule has 1 aromatic carbocycles. The van der Waals surface area contributed by atoms with Crippen LogP contribution in [0.3, 0.4) is 0 Å². The van der Waals surface area contributed by atoms with Crippen molar-refractivity contribution >= 4 is 39.5 Å². The van der Waals surface area contributed by atoms with E-state index in [9.17, 15) is 4.79 Å². The largest absolute Gasteiger partial charge is 0.379 e. The van der Waals surface area contributed by atoms with Crippen LogP contribution in [0.5, 0.6) is 0 Å². The highest BCUT2D eigenvalue weighted by Gasteiger charge is 2.24. The maximum atomic E-state index is 13.4. The van der Waals surface area contributed by atoms with E-state index in [1.807, 2.05) is 47.8 Å². The number of amides is 1. The molecule has 0 radical (unpaired) electrons. The number of rotatable bonds is 6. The SMILES string of the molecule is O=C(NCC(c1cccs1)N1CCOCC1)c1cc(-c2cccs2)nc2ccccc12. The Morgan fingerprint density at radius 3 is 2.65 bits per heavy atom. The molecule has 1 aliphatic rings. The van der Waals surface area contributed by atoms with E-state index < -0.39 is 0 Å². The van der Waals surface area contributed by atoms with Crippen LogP contribution in [0.15, 0.2) is 65.4 Å². The Bertz CT molecular complexity index is 1150. The van der Waals surface area contributed by atoms with Crippen LogP contribution in [-0.4, -0.2) is 48.6 Å².